The fourth-order valence-corrected chi connectivity index (χ4v) is 3.64. The quantitative estimate of drug-likeness (QED) is 0.600. The minimum absolute atomic E-state index is 0.0760. The van der Waals surface area contributed by atoms with E-state index in [1.807, 2.05) is 0 Å². The van der Waals surface area contributed by atoms with E-state index >= 15 is 0 Å². The van der Waals surface area contributed by atoms with Gasteiger partial charge in [-0.25, -0.2) is 8.78 Å². The number of rotatable bonds is 7. The van der Waals surface area contributed by atoms with Crippen LogP contribution in [0.1, 0.15) is 26.7 Å². The molecule has 0 spiro atoms. The van der Waals surface area contributed by atoms with Crippen LogP contribution in [0.4, 0.5) is 14.7 Å². The van der Waals surface area contributed by atoms with Gasteiger partial charge in [-0.2, -0.15) is 4.98 Å². The van der Waals surface area contributed by atoms with Crippen molar-refractivity contribution >= 4 is 17.0 Å². The number of fused-ring (bicyclic) bond motifs is 1. The largest absolute Gasteiger partial charge is 0.497 e. The van der Waals surface area contributed by atoms with Crippen LogP contribution in [-0.4, -0.2) is 34.3 Å². The molecule has 0 saturated heterocycles. The zero-order chi connectivity index (χ0) is 21.3. The Bertz CT molecular complexity index is 1080. The molecule has 8 heteroatoms. The van der Waals surface area contributed by atoms with Crippen molar-refractivity contribution < 1.29 is 13.5 Å². The topological polar surface area (TPSA) is 52.3 Å². The zero-order valence-corrected chi connectivity index (χ0v) is 17.4. The number of aromatic nitrogens is 3. The van der Waals surface area contributed by atoms with Crippen LogP contribution in [0.2, 0.25) is 0 Å². The lowest BCUT2D eigenvalue weighted by Gasteiger charge is -2.24. The van der Waals surface area contributed by atoms with Crippen LogP contribution in [0.25, 0.3) is 22.2 Å². The predicted molar refractivity (Wildman–Crippen MR) is 111 cm³/mol. The van der Waals surface area contributed by atoms with Crippen molar-refractivity contribution in [2.24, 2.45) is 14.1 Å². The number of hydrogen-bond acceptors (Lipinski definition) is 4. The average Bonchev–Trinajstić information content (AvgIpc) is 3.00. The molecule has 0 bridgehead atoms. The minimum atomic E-state index is -0.793. The number of nitrogens with zero attached hydrogens (tertiary/aromatic N) is 4. The van der Waals surface area contributed by atoms with Gasteiger partial charge in [-0.15, -0.1) is 0 Å². The highest BCUT2D eigenvalue weighted by Crippen LogP contribution is 2.34. The fourth-order valence-electron chi connectivity index (χ4n) is 3.64. The molecule has 6 nitrogen and oxygen atoms in total. The van der Waals surface area contributed by atoms with E-state index in [0.717, 1.165) is 38.1 Å². The fraction of sp³-hybridized carbons (Fsp3) is 0.429. The average molecular weight is 404 g/mol. The van der Waals surface area contributed by atoms with Gasteiger partial charge in [0, 0.05) is 51.1 Å². The normalized spacial score (nSPS) is 11.3. The summed E-state index contributed by atoms with van der Waals surface area (Å²) in [6.45, 7) is 5.65. The standard InChI is InChI=1S/C21H26F2N4O2/c1-6-8-27(9-7-2)21-24-19-18(20(28)26(21)4)14(12-25(19)3)17-15(22)10-13(29-5)11-16(17)23/h10-12H,6-9H2,1-5H3. The van der Waals surface area contributed by atoms with E-state index in [-0.39, 0.29) is 27.8 Å². The Morgan fingerprint density at radius 3 is 2.21 bits per heavy atom. The summed E-state index contributed by atoms with van der Waals surface area (Å²) >= 11 is 0. The van der Waals surface area contributed by atoms with Crippen LogP contribution in [0.15, 0.2) is 23.1 Å². The maximum atomic E-state index is 14.7. The summed E-state index contributed by atoms with van der Waals surface area (Å²) in [5.41, 5.74) is -0.0308. The van der Waals surface area contributed by atoms with Gasteiger partial charge in [0.1, 0.15) is 23.0 Å². The van der Waals surface area contributed by atoms with Crippen molar-refractivity contribution in [3.63, 3.8) is 0 Å². The van der Waals surface area contributed by atoms with Crippen LogP contribution >= 0.6 is 0 Å². The molecule has 2 heterocycles. The predicted octanol–water partition coefficient (Wildman–Crippen LogP) is 3.85. The van der Waals surface area contributed by atoms with Crippen LogP contribution < -0.4 is 15.2 Å². The number of halogens is 2. The Kier molecular flexibility index (Phi) is 5.91. The van der Waals surface area contributed by atoms with Crippen LogP contribution in [0.5, 0.6) is 5.75 Å². The molecule has 3 aromatic rings. The molecule has 0 aliphatic carbocycles. The van der Waals surface area contributed by atoms with Crippen molar-refractivity contribution in [1.29, 1.82) is 0 Å². The summed E-state index contributed by atoms with van der Waals surface area (Å²) in [4.78, 5) is 20.0. The monoisotopic (exact) mass is 404 g/mol. The van der Waals surface area contributed by atoms with E-state index < -0.39 is 11.6 Å². The first-order chi connectivity index (χ1) is 13.8. The second kappa shape index (κ2) is 8.23. The summed E-state index contributed by atoms with van der Waals surface area (Å²) in [5.74, 6) is -0.958. The summed E-state index contributed by atoms with van der Waals surface area (Å²) in [5, 5.41) is 0.190. The number of aryl methyl sites for hydroxylation is 1. The summed E-state index contributed by atoms with van der Waals surface area (Å²) in [6.07, 6.45) is 3.37. The van der Waals surface area contributed by atoms with Gasteiger partial charge < -0.3 is 14.2 Å². The number of hydrogen-bond donors (Lipinski definition) is 0. The lowest BCUT2D eigenvalue weighted by atomic mass is 10.0. The summed E-state index contributed by atoms with van der Waals surface area (Å²) in [6, 6.07) is 2.21. The number of methoxy groups -OCH3 is 1. The molecule has 3 rings (SSSR count). The van der Waals surface area contributed by atoms with Crippen molar-refractivity contribution in [1.82, 2.24) is 14.1 Å². The molecule has 1 aromatic carbocycles. The molecule has 2 aromatic heterocycles. The third-order valence-corrected chi connectivity index (χ3v) is 4.96. The van der Waals surface area contributed by atoms with E-state index in [2.05, 4.69) is 18.7 Å². The molecule has 0 fully saturated rings. The van der Waals surface area contributed by atoms with Crippen LogP contribution in [0, 0.1) is 11.6 Å². The Hall–Kier alpha value is -2.90. The van der Waals surface area contributed by atoms with Gasteiger partial charge >= 0.3 is 0 Å². The second-order valence-corrected chi connectivity index (χ2v) is 7.08. The van der Waals surface area contributed by atoms with Gasteiger partial charge in [-0.3, -0.25) is 9.36 Å². The maximum Gasteiger partial charge on any atom is 0.264 e. The zero-order valence-electron chi connectivity index (χ0n) is 17.4. The Morgan fingerprint density at radius 2 is 1.69 bits per heavy atom. The van der Waals surface area contributed by atoms with E-state index in [9.17, 15) is 13.6 Å². The third-order valence-electron chi connectivity index (χ3n) is 4.96. The van der Waals surface area contributed by atoms with Crippen molar-refractivity contribution in [3.8, 4) is 16.9 Å². The molecule has 0 atom stereocenters. The molecule has 0 radical (unpaired) electrons. The van der Waals surface area contributed by atoms with E-state index in [0.29, 0.717) is 11.6 Å². The summed E-state index contributed by atoms with van der Waals surface area (Å²) in [7, 11) is 4.69. The Morgan fingerprint density at radius 1 is 1.10 bits per heavy atom. The molecule has 0 aliphatic heterocycles. The van der Waals surface area contributed by atoms with Gasteiger partial charge in [0.15, 0.2) is 0 Å². The molecular formula is C21H26F2N4O2. The van der Waals surface area contributed by atoms with Gasteiger partial charge in [0.25, 0.3) is 5.56 Å². The Balaban J connectivity index is 2.29. The molecule has 0 saturated carbocycles. The summed E-state index contributed by atoms with van der Waals surface area (Å²) < 4.78 is 37.4. The van der Waals surface area contributed by atoms with Gasteiger partial charge in [-0.05, 0) is 12.8 Å². The van der Waals surface area contributed by atoms with Gasteiger partial charge in [-0.1, -0.05) is 13.8 Å². The minimum Gasteiger partial charge on any atom is -0.497 e. The molecule has 156 valence electrons. The number of benzene rings is 1. The number of anilines is 1. The van der Waals surface area contributed by atoms with Crippen molar-refractivity contribution in [2.45, 2.75) is 26.7 Å². The van der Waals surface area contributed by atoms with E-state index in [1.165, 1.54) is 11.7 Å². The molecular weight excluding hydrogens is 378 g/mol. The van der Waals surface area contributed by atoms with Crippen molar-refractivity contribution in [3.05, 3.63) is 40.3 Å². The first kappa shape index (κ1) is 20.8. The van der Waals surface area contributed by atoms with Gasteiger partial charge in [0.05, 0.1) is 18.1 Å². The molecule has 0 amide bonds. The SMILES string of the molecule is CCCN(CCC)c1nc2c(c(-c3c(F)cc(OC)cc3F)cn2C)c(=O)n1C. The van der Waals surface area contributed by atoms with Gasteiger partial charge in [0.2, 0.25) is 5.95 Å². The maximum absolute atomic E-state index is 14.7. The second-order valence-electron chi connectivity index (χ2n) is 7.08. The highest BCUT2D eigenvalue weighted by Gasteiger charge is 2.23. The molecule has 0 unspecified atom stereocenters. The van der Waals surface area contributed by atoms with E-state index in [4.69, 9.17) is 9.72 Å². The van der Waals surface area contributed by atoms with E-state index in [1.54, 1.807) is 24.9 Å². The molecule has 0 aliphatic rings. The first-order valence-corrected chi connectivity index (χ1v) is 9.68. The molecule has 29 heavy (non-hydrogen) atoms. The number of ether oxygens (including phenoxy) is 1. The molecule has 0 N–H and O–H groups in total. The van der Waals surface area contributed by atoms with Crippen LogP contribution in [0.3, 0.4) is 0 Å². The smallest absolute Gasteiger partial charge is 0.264 e. The third kappa shape index (κ3) is 3.59. The highest BCUT2D eigenvalue weighted by atomic mass is 19.1. The first-order valence-electron chi connectivity index (χ1n) is 9.68. The lowest BCUT2D eigenvalue weighted by molar-refractivity contribution is 0.407. The highest BCUT2D eigenvalue weighted by molar-refractivity contribution is 5.94. The van der Waals surface area contributed by atoms with Crippen LogP contribution in [-0.2, 0) is 14.1 Å². The lowest BCUT2D eigenvalue weighted by Crippen LogP contribution is -2.33. The Labute approximate surface area is 168 Å². The van der Waals surface area contributed by atoms with Crippen molar-refractivity contribution in [2.75, 3.05) is 25.1 Å².